The molecule has 2 N–H and O–H groups in total. The predicted molar refractivity (Wildman–Crippen MR) is 79.2 cm³/mol. The predicted octanol–water partition coefficient (Wildman–Crippen LogP) is 2.05. The second-order valence-corrected chi connectivity index (χ2v) is 8.71. The van der Waals surface area contributed by atoms with Gasteiger partial charge in [0.05, 0.1) is 5.56 Å². The third kappa shape index (κ3) is 3.59. The van der Waals surface area contributed by atoms with Gasteiger partial charge in [-0.25, -0.2) is 13.6 Å². The van der Waals surface area contributed by atoms with Crippen LogP contribution in [0.1, 0.15) is 43.5 Å². The van der Waals surface area contributed by atoms with Crippen molar-refractivity contribution in [1.29, 1.82) is 0 Å². The first-order valence-electron chi connectivity index (χ1n) is 6.60. The summed E-state index contributed by atoms with van der Waals surface area (Å²) in [5.74, 6) is -0.103. The van der Waals surface area contributed by atoms with Crippen molar-refractivity contribution in [3.05, 3.63) is 17.0 Å². The first-order valence-corrected chi connectivity index (χ1v) is 9.02. The molecule has 0 aliphatic carbocycles. The molecule has 7 heteroatoms. The van der Waals surface area contributed by atoms with Crippen molar-refractivity contribution in [3.63, 3.8) is 0 Å². The van der Waals surface area contributed by atoms with Crippen LogP contribution in [-0.2, 0) is 10.0 Å². The van der Waals surface area contributed by atoms with Crippen molar-refractivity contribution in [2.45, 2.75) is 37.3 Å². The number of rotatable bonds is 2. The zero-order valence-electron chi connectivity index (χ0n) is 11.8. The minimum atomic E-state index is -3.72. The second-order valence-electron chi connectivity index (χ2n) is 6.01. The zero-order valence-corrected chi connectivity index (χ0v) is 13.4. The summed E-state index contributed by atoms with van der Waals surface area (Å²) in [5, 5.41) is 6.63. The quantitative estimate of drug-likeness (QED) is 0.906. The smallest absolute Gasteiger partial charge is 0.254 e. The maximum Gasteiger partial charge on any atom is 0.254 e. The van der Waals surface area contributed by atoms with E-state index in [1.807, 2.05) is 4.90 Å². The van der Waals surface area contributed by atoms with Gasteiger partial charge in [0.1, 0.15) is 4.21 Å². The summed E-state index contributed by atoms with van der Waals surface area (Å²) in [4.78, 5) is 14.2. The second kappa shape index (κ2) is 5.46. The van der Waals surface area contributed by atoms with E-state index >= 15 is 0 Å². The molecule has 0 spiro atoms. The highest BCUT2D eigenvalue weighted by Crippen LogP contribution is 2.30. The summed E-state index contributed by atoms with van der Waals surface area (Å²) in [6.07, 6.45) is 3.04. The van der Waals surface area contributed by atoms with E-state index in [9.17, 15) is 13.2 Å². The molecule has 1 aromatic rings. The highest BCUT2D eigenvalue weighted by molar-refractivity contribution is 7.91. The summed E-state index contributed by atoms with van der Waals surface area (Å²) < 4.78 is 22.5. The minimum absolute atomic E-state index is 0.0380. The molecule has 0 bridgehead atoms. The fourth-order valence-electron chi connectivity index (χ4n) is 2.39. The van der Waals surface area contributed by atoms with E-state index in [0.717, 1.165) is 37.1 Å². The molecule has 0 unspecified atom stereocenters. The Morgan fingerprint density at radius 3 is 2.65 bits per heavy atom. The van der Waals surface area contributed by atoms with Crippen LogP contribution in [0.15, 0.2) is 15.7 Å². The first-order chi connectivity index (χ1) is 9.19. The lowest BCUT2D eigenvalue weighted by molar-refractivity contribution is 0.0758. The van der Waals surface area contributed by atoms with Gasteiger partial charge >= 0.3 is 0 Å². The SMILES string of the molecule is CC1(C)CCCN(C(=O)c2csc(S(N)(=O)=O)c2)CC1. The van der Waals surface area contributed by atoms with Crippen molar-refractivity contribution in [1.82, 2.24) is 4.90 Å². The molecule has 0 atom stereocenters. The Kier molecular flexibility index (Phi) is 4.22. The third-order valence-corrected chi connectivity index (χ3v) is 6.12. The molecule has 1 aromatic heterocycles. The average molecular weight is 316 g/mol. The Labute approximate surface area is 123 Å². The van der Waals surface area contributed by atoms with Gasteiger partial charge in [0.25, 0.3) is 5.91 Å². The number of sulfonamides is 1. The van der Waals surface area contributed by atoms with Crippen LogP contribution in [0.25, 0.3) is 0 Å². The van der Waals surface area contributed by atoms with E-state index in [4.69, 9.17) is 5.14 Å². The van der Waals surface area contributed by atoms with E-state index in [1.54, 1.807) is 5.38 Å². The van der Waals surface area contributed by atoms with Crippen molar-refractivity contribution in [2.24, 2.45) is 10.6 Å². The minimum Gasteiger partial charge on any atom is -0.339 e. The molecule has 1 aliphatic rings. The summed E-state index contributed by atoms with van der Waals surface area (Å²) in [5.41, 5.74) is 0.675. The van der Waals surface area contributed by atoms with Gasteiger partial charge in [0, 0.05) is 18.5 Å². The lowest BCUT2D eigenvalue weighted by Crippen LogP contribution is -2.32. The van der Waals surface area contributed by atoms with Gasteiger partial charge < -0.3 is 4.90 Å². The van der Waals surface area contributed by atoms with Crippen molar-refractivity contribution in [2.75, 3.05) is 13.1 Å². The highest BCUT2D eigenvalue weighted by atomic mass is 32.2. The molecule has 0 radical (unpaired) electrons. The van der Waals surface area contributed by atoms with Crippen LogP contribution in [-0.4, -0.2) is 32.3 Å². The number of thiophene rings is 1. The summed E-state index contributed by atoms with van der Waals surface area (Å²) in [7, 11) is -3.72. The number of amides is 1. The Morgan fingerprint density at radius 1 is 1.35 bits per heavy atom. The van der Waals surface area contributed by atoms with Gasteiger partial charge in [-0.2, -0.15) is 0 Å². The Morgan fingerprint density at radius 2 is 2.05 bits per heavy atom. The number of nitrogens with two attached hydrogens (primary N) is 1. The number of carbonyl (C=O) groups is 1. The Hall–Kier alpha value is -0.920. The van der Waals surface area contributed by atoms with Crippen LogP contribution in [0.4, 0.5) is 0 Å². The molecule has 112 valence electrons. The molecule has 5 nitrogen and oxygen atoms in total. The van der Waals surface area contributed by atoms with Gasteiger partial charge in [0.2, 0.25) is 10.0 Å². The number of likely N-dealkylation sites (tertiary alicyclic amines) is 1. The summed E-state index contributed by atoms with van der Waals surface area (Å²) in [6, 6.07) is 1.37. The molecule has 2 heterocycles. The Balaban J connectivity index is 2.13. The van der Waals surface area contributed by atoms with Crippen LogP contribution >= 0.6 is 11.3 Å². The molecule has 0 saturated carbocycles. The maximum absolute atomic E-state index is 12.4. The first kappa shape index (κ1) is 15.5. The van der Waals surface area contributed by atoms with E-state index in [-0.39, 0.29) is 15.5 Å². The average Bonchev–Trinajstić information content (AvgIpc) is 2.75. The number of nitrogens with zero attached hydrogens (tertiary/aromatic N) is 1. The zero-order chi connectivity index (χ0) is 15.0. The van der Waals surface area contributed by atoms with Gasteiger partial charge in [-0.3, -0.25) is 4.79 Å². The van der Waals surface area contributed by atoms with Gasteiger partial charge in [-0.05, 0) is 30.7 Å². The fourth-order valence-corrected chi connectivity index (χ4v) is 3.97. The summed E-state index contributed by atoms with van der Waals surface area (Å²) >= 11 is 0.993. The monoisotopic (exact) mass is 316 g/mol. The fraction of sp³-hybridized carbons (Fsp3) is 0.615. The van der Waals surface area contributed by atoms with Gasteiger partial charge in [-0.1, -0.05) is 13.8 Å². The maximum atomic E-state index is 12.4. The number of hydrogen-bond acceptors (Lipinski definition) is 4. The largest absolute Gasteiger partial charge is 0.339 e. The van der Waals surface area contributed by atoms with Gasteiger partial charge in [-0.15, -0.1) is 11.3 Å². The third-order valence-electron chi connectivity index (χ3n) is 3.73. The van der Waals surface area contributed by atoms with Crippen LogP contribution in [0.3, 0.4) is 0 Å². The molecule has 1 saturated heterocycles. The normalized spacial score (nSPS) is 19.6. The van der Waals surface area contributed by atoms with Crippen LogP contribution in [0.5, 0.6) is 0 Å². The molecule has 0 aromatic carbocycles. The van der Waals surface area contributed by atoms with E-state index < -0.39 is 10.0 Å². The molecular formula is C13H20N2O3S2. The molecule has 1 fully saturated rings. The molecule has 1 amide bonds. The number of carbonyl (C=O) groups excluding carboxylic acids is 1. The topological polar surface area (TPSA) is 80.5 Å². The van der Waals surface area contributed by atoms with Crippen LogP contribution in [0.2, 0.25) is 0 Å². The number of primary sulfonamides is 1. The summed E-state index contributed by atoms with van der Waals surface area (Å²) in [6.45, 7) is 5.87. The molecule has 20 heavy (non-hydrogen) atoms. The van der Waals surface area contributed by atoms with E-state index in [2.05, 4.69) is 13.8 Å². The van der Waals surface area contributed by atoms with E-state index in [1.165, 1.54) is 6.07 Å². The van der Waals surface area contributed by atoms with Crippen molar-refractivity contribution < 1.29 is 13.2 Å². The van der Waals surface area contributed by atoms with Gasteiger partial charge in [0.15, 0.2) is 0 Å². The Bertz CT molecular complexity index is 605. The van der Waals surface area contributed by atoms with Crippen LogP contribution < -0.4 is 5.14 Å². The van der Waals surface area contributed by atoms with Crippen LogP contribution in [0, 0.1) is 5.41 Å². The number of hydrogen-bond donors (Lipinski definition) is 1. The highest BCUT2D eigenvalue weighted by Gasteiger charge is 2.26. The lowest BCUT2D eigenvalue weighted by Gasteiger charge is -2.23. The lowest BCUT2D eigenvalue weighted by atomic mass is 9.85. The van der Waals surface area contributed by atoms with E-state index in [0.29, 0.717) is 12.1 Å². The molecular weight excluding hydrogens is 296 g/mol. The van der Waals surface area contributed by atoms with Crippen molar-refractivity contribution in [3.8, 4) is 0 Å². The van der Waals surface area contributed by atoms with Crippen molar-refractivity contribution >= 4 is 27.3 Å². The molecule has 1 aliphatic heterocycles. The standard InChI is InChI=1S/C13H20N2O3S2/c1-13(2)4-3-6-15(7-5-13)12(16)10-8-11(19-9-10)20(14,17)18/h8-9H,3-7H2,1-2H3,(H2,14,17,18). The molecule has 2 rings (SSSR count).